The van der Waals surface area contributed by atoms with Crippen molar-refractivity contribution in [2.75, 3.05) is 12.4 Å². The van der Waals surface area contributed by atoms with E-state index in [4.69, 9.17) is 4.74 Å². The first kappa shape index (κ1) is 18.1. The van der Waals surface area contributed by atoms with Crippen LogP contribution in [0.2, 0.25) is 0 Å². The highest BCUT2D eigenvalue weighted by Crippen LogP contribution is 2.60. The molecule has 4 aromatic heterocycles. The molecule has 0 bridgehead atoms. The maximum atomic E-state index is 14.0. The van der Waals surface area contributed by atoms with Crippen molar-refractivity contribution in [1.29, 1.82) is 0 Å². The Hall–Kier alpha value is -3.69. The van der Waals surface area contributed by atoms with Crippen molar-refractivity contribution >= 4 is 28.5 Å². The summed E-state index contributed by atoms with van der Waals surface area (Å²) in [6.45, 7) is 1.55. The van der Waals surface area contributed by atoms with Crippen molar-refractivity contribution < 1.29 is 13.9 Å². The summed E-state index contributed by atoms with van der Waals surface area (Å²) in [6.07, 6.45) is 6.52. The van der Waals surface area contributed by atoms with E-state index in [1.807, 2.05) is 12.3 Å². The van der Waals surface area contributed by atoms with E-state index < -0.39 is 5.95 Å². The zero-order valence-electron chi connectivity index (χ0n) is 16.9. The third-order valence-corrected chi connectivity index (χ3v) is 6.41. The van der Waals surface area contributed by atoms with E-state index in [0.717, 1.165) is 29.4 Å². The maximum absolute atomic E-state index is 14.0. The van der Waals surface area contributed by atoms with Gasteiger partial charge in [-0.05, 0) is 25.0 Å². The molecule has 2 aliphatic carbocycles. The molecule has 9 nitrogen and oxygen atoms in total. The Labute approximate surface area is 176 Å². The van der Waals surface area contributed by atoms with Gasteiger partial charge < -0.3 is 20.4 Å². The zero-order chi connectivity index (χ0) is 21.3. The molecule has 4 aromatic rings. The van der Waals surface area contributed by atoms with E-state index in [1.54, 1.807) is 26.3 Å². The number of hydrogen-bond donors (Lipinski definition) is 3. The Morgan fingerprint density at radius 2 is 2.23 bits per heavy atom. The normalized spacial score (nSPS) is 24.0. The van der Waals surface area contributed by atoms with Gasteiger partial charge in [-0.3, -0.25) is 9.20 Å². The van der Waals surface area contributed by atoms with Gasteiger partial charge in [0.05, 0.1) is 18.7 Å². The van der Waals surface area contributed by atoms with Crippen molar-refractivity contribution in [2.24, 2.45) is 5.92 Å². The van der Waals surface area contributed by atoms with Crippen LogP contribution in [0.3, 0.4) is 0 Å². The van der Waals surface area contributed by atoms with Gasteiger partial charge in [-0.1, -0.05) is 0 Å². The van der Waals surface area contributed by atoms with Crippen LogP contribution in [0.15, 0.2) is 30.7 Å². The van der Waals surface area contributed by atoms with Crippen LogP contribution >= 0.6 is 0 Å². The van der Waals surface area contributed by atoms with Crippen LogP contribution in [0.5, 0.6) is 5.88 Å². The lowest BCUT2D eigenvalue weighted by Crippen LogP contribution is -2.51. The molecule has 0 spiro atoms. The Morgan fingerprint density at radius 3 is 3.00 bits per heavy atom. The van der Waals surface area contributed by atoms with Crippen LogP contribution in [0, 0.1) is 11.9 Å². The summed E-state index contributed by atoms with van der Waals surface area (Å²) >= 11 is 0. The monoisotopic (exact) mass is 421 g/mol. The molecule has 1 unspecified atom stereocenters. The van der Waals surface area contributed by atoms with Gasteiger partial charge in [0.15, 0.2) is 0 Å². The number of fused-ring (bicyclic) bond motifs is 3. The first-order valence-electron chi connectivity index (χ1n) is 10.1. The van der Waals surface area contributed by atoms with E-state index in [1.165, 1.54) is 10.6 Å². The molecule has 2 aliphatic rings. The number of amides is 1. The van der Waals surface area contributed by atoms with Gasteiger partial charge in [-0.25, -0.2) is 4.98 Å². The minimum Gasteiger partial charge on any atom is -0.480 e. The molecule has 1 amide bonds. The smallest absolute Gasteiger partial charge is 0.228 e. The molecule has 2 saturated carbocycles. The van der Waals surface area contributed by atoms with Crippen molar-refractivity contribution in [3.63, 3.8) is 0 Å². The fraction of sp³-hybridized carbons (Fsp3) is 0.333. The number of carbonyl (C=O) groups excluding carboxylic acids is 1. The highest BCUT2D eigenvalue weighted by molar-refractivity contribution is 5.97. The van der Waals surface area contributed by atoms with Crippen LogP contribution in [-0.4, -0.2) is 48.9 Å². The molecule has 31 heavy (non-hydrogen) atoms. The summed E-state index contributed by atoms with van der Waals surface area (Å²) < 4.78 is 20.9. The number of H-pyrrole nitrogens is 1. The molecule has 0 radical (unpaired) electrons. The molecule has 158 valence electrons. The van der Waals surface area contributed by atoms with Crippen LogP contribution < -0.4 is 15.4 Å². The number of pyridine rings is 1. The lowest BCUT2D eigenvalue weighted by molar-refractivity contribution is -0.120. The van der Waals surface area contributed by atoms with E-state index >= 15 is 0 Å². The van der Waals surface area contributed by atoms with Gasteiger partial charge >= 0.3 is 0 Å². The van der Waals surface area contributed by atoms with Crippen molar-refractivity contribution in [3.8, 4) is 17.0 Å². The van der Waals surface area contributed by atoms with E-state index in [2.05, 4.69) is 30.6 Å². The topological polar surface area (TPSA) is 109 Å². The van der Waals surface area contributed by atoms with Crippen LogP contribution in [0.4, 0.5) is 10.3 Å². The largest absolute Gasteiger partial charge is 0.480 e. The molecular formula is C21H20FN7O2. The number of ether oxygens (including phenoxy) is 1. The number of nitrogens with zero attached hydrogens (tertiary/aromatic N) is 4. The van der Waals surface area contributed by atoms with Gasteiger partial charge in [0, 0.05) is 47.9 Å². The van der Waals surface area contributed by atoms with Crippen molar-refractivity contribution in [1.82, 2.24) is 29.7 Å². The molecule has 10 heteroatoms. The highest BCUT2D eigenvalue weighted by Gasteiger charge is 2.68. The third kappa shape index (κ3) is 2.67. The fourth-order valence-corrected chi connectivity index (χ4v) is 4.88. The highest BCUT2D eigenvalue weighted by atomic mass is 19.1. The molecule has 0 saturated heterocycles. The summed E-state index contributed by atoms with van der Waals surface area (Å²) in [4.78, 5) is 27.7. The lowest BCUT2D eigenvalue weighted by atomic mass is 9.87. The minimum absolute atomic E-state index is 0.00738. The van der Waals surface area contributed by atoms with Crippen LogP contribution in [0.1, 0.15) is 19.8 Å². The lowest BCUT2D eigenvalue weighted by Gasteiger charge is -2.35. The molecule has 0 aliphatic heterocycles. The summed E-state index contributed by atoms with van der Waals surface area (Å²) in [5, 5.41) is 7.15. The molecule has 6 rings (SSSR count). The van der Waals surface area contributed by atoms with E-state index in [9.17, 15) is 9.18 Å². The fourth-order valence-electron chi connectivity index (χ4n) is 4.88. The van der Waals surface area contributed by atoms with E-state index in [-0.39, 0.29) is 17.5 Å². The standard InChI is InChI=1S/C21H20FN7O2/c1-10(30)28-21-5-13(21)14(6-21)25-20-26-18-17(19(27-20)31-2)12(7-24-18)11-3-4-16-23-8-15(22)29(16)9-11/h3-4,7-9,13-14H,5-6H2,1-2H3,(H,28,30)(H2,24,25,26,27)/t13?,14-,21+/m0/s1. The number of anilines is 1. The van der Waals surface area contributed by atoms with Crippen molar-refractivity contribution in [2.45, 2.75) is 31.3 Å². The quantitative estimate of drug-likeness (QED) is 0.457. The second-order valence-corrected chi connectivity index (χ2v) is 8.31. The molecule has 4 heterocycles. The summed E-state index contributed by atoms with van der Waals surface area (Å²) in [7, 11) is 1.56. The van der Waals surface area contributed by atoms with Gasteiger partial charge in [-0.2, -0.15) is 14.4 Å². The number of imidazole rings is 1. The SMILES string of the molecule is COc1nc(N[C@H]2C[C@]3(NC(C)=O)CC23)nc2[nH]cc(-c3ccc4ncc(F)n4c3)c12. The Morgan fingerprint density at radius 1 is 1.35 bits per heavy atom. The number of hydrogen-bond acceptors (Lipinski definition) is 6. The second kappa shape index (κ2) is 6.16. The predicted molar refractivity (Wildman–Crippen MR) is 111 cm³/mol. The zero-order valence-corrected chi connectivity index (χ0v) is 16.9. The number of rotatable bonds is 5. The minimum atomic E-state index is -0.428. The Balaban J connectivity index is 1.32. The molecule has 0 aromatic carbocycles. The number of carbonyl (C=O) groups is 1. The number of methoxy groups -OCH3 is 1. The third-order valence-electron chi connectivity index (χ3n) is 6.41. The number of halogens is 1. The van der Waals surface area contributed by atoms with Crippen LogP contribution in [0.25, 0.3) is 27.8 Å². The number of nitrogens with one attached hydrogen (secondary N) is 3. The first-order valence-corrected chi connectivity index (χ1v) is 10.1. The Bertz CT molecular complexity index is 1360. The second-order valence-electron chi connectivity index (χ2n) is 8.31. The Kier molecular flexibility index (Phi) is 3.60. The van der Waals surface area contributed by atoms with Crippen molar-refractivity contribution in [3.05, 3.63) is 36.7 Å². The molecule has 3 atom stereocenters. The van der Waals surface area contributed by atoms with Gasteiger partial charge in [0.25, 0.3) is 0 Å². The number of aromatic nitrogens is 5. The summed E-state index contributed by atoms with van der Waals surface area (Å²) in [5.41, 5.74) is 2.71. The number of aromatic amines is 1. The van der Waals surface area contributed by atoms with Gasteiger partial charge in [0.2, 0.25) is 23.7 Å². The molecule has 2 fully saturated rings. The molecule has 3 N–H and O–H groups in total. The van der Waals surface area contributed by atoms with Gasteiger partial charge in [0.1, 0.15) is 11.3 Å². The predicted octanol–water partition coefficient (Wildman–Crippen LogP) is 2.50. The first-order chi connectivity index (χ1) is 15.0. The average molecular weight is 421 g/mol. The summed E-state index contributed by atoms with van der Waals surface area (Å²) in [5.74, 6) is 0.883. The van der Waals surface area contributed by atoms with Crippen LogP contribution in [-0.2, 0) is 4.79 Å². The molecular weight excluding hydrogens is 401 g/mol. The summed E-state index contributed by atoms with van der Waals surface area (Å²) in [6, 6.07) is 3.85. The van der Waals surface area contributed by atoms with E-state index in [0.29, 0.717) is 29.0 Å². The maximum Gasteiger partial charge on any atom is 0.228 e. The average Bonchev–Trinajstić information content (AvgIpc) is 3.06. The van der Waals surface area contributed by atoms with Gasteiger partial charge in [-0.15, -0.1) is 0 Å².